The highest BCUT2D eigenvalue weighted by Crippen LogP contribution is 2.12. The van der Waals surface area contributed by atoms with Crippen molar-refractivity contribution in [3.8, 4) is 0 Å². The van der Waals surface area contributed by atoms with E-state index in [0.717, 1.165) is 17.3 Å². The lowest BCUT2D eigenvalue weighted by atomic mass is 10.1. The molecule has 0 aromatic heterocycles. The SMILES string of the molecule is Cc1ccc(F)c(/C=C/CCBr)c1. The minimum absolute atomic E-state index is 0.156. The zero-order valence-corrected chi connectivity index (χ0v) is 9.14. The Morgan fingerprint density at radius 2 is 2.23 bits per heavy atom. The smallest absolute Gasteiger partial charge is 0.130 e. The summed E-state index contributed by atoms with van der Waals surface area (Å²) in [7, 11) is 0. The van der Waals surface area contributed by atoms with Gasteiger partial charge in [0.2, 0.25) is 0 Å². The van der Waals surface area contributed by atoms with Crippen LogP contribution in [0.1, 0.15) is 17.5 Å². The summed E-state index contributed by atoms with van der Waals surface area (Å²) in [5.41, 5.74) is 1.75. The second-order valence-electron chi connectivity index (χ2n) is 2.90. The molecule has 13 heavy (non-hydrogen) atoms. The Morgan fingerprint density at radius 1 is 1.46 bits per heavy atom. The molecular weight excluding hydrogens is 231 g/mol. The molecule has 0 nitrogen and oxygen atoms in total. The largest absolute Gasteiger partial charge is 0.206 e. The average Bonchev–Trinajstić information content (AvgIpc) is 2.11. The Hall–Kier alpha value is -0.630. The molecule has 1 aromatic carbocycles. The van der Waals surface area contributed by atoms with Gasteiger partial charge in [-0.1, -0.05) is 39.7 Å². The summed E-state index contributed by atoms with van der Waals surface area (Å²) in [4.78, 5) is 0. The van der Waals surface area contributed by atoms with Gasteiger partial charge in [0.05, 0.1) is 0 Å². The predicted molar refractivity (Wildman–Crippen MR) is 58.6 cm³/mol. The number of benzene rings is 1. The highest BCUT2D eigenvalue weighted by molar-refractivity contribution is 9.09. The Bertz CT molecular complexity index is 305. The van der Waals surface area contributed by atoms with Crippen molar-refractivity contribution in [1.29, 1.82) is 0 Å². The molecule has 0 bridgehead atoms. The van der Waals surface area contributed by atoms with Crippen molar-refractivity contribution in [2.75, 3.05) is 5.33 Å². The number of aryl methyl sites for hydroxylation is 1. The molecule has 1 rings (SSSR count). The molecular formula is C11H12BrF. The highest BCUT2D eigenvalue weighted by Gasteiger charge is 1.96. The van der Waals surface area contributed by atoms with Crippen molar-refractivity contribution < 1.29 is 4.39 Å². The molecule has 0 amide bonds. The zero-order valence-electron chi connectivity index (χ0n) is 7.56. The summed E-state index contributed by atoms with van der Waals surface area (Å²) < 4.78 is 13.1. The maximum absolute atomic E-state index is 13.1. The second-order valence-corrected chi connectivity index (χ2v) is 3.70. The van der Waals surface area contributed by atoms with Crippen LogP contribution in [0.5, 0.6) is 0 Å². The zero-order chi connectivity index (χ0) is 9.68. The molecule has 70 valence electrons. The standard InChI is InChI=1S/C11H12BrF/c1-9-5-6-11(13)10(8-9)4-2-3-7-12/h2,4-6,8H,3,7H2,1H3/b4-2+. The van der Waals surface area contributed by atoms with E-state index in [9.17, 15) is 4.39 Å². The van der Waals surface area contributed by atoms with Crippen molar-refractivity contribution >= 4 is 22.0 Å². The summed E-state index contributed by atoms with van der Waals surface area (Å²) in [5.74, 6) is -0.156. The molecule has 0 aliphatic heterocycles. The van der Waals surface area contributed by atoms with Gasteiger partial charge in [0.1, 0.15) is 5.82 Å². The Labute approximate surface area is 86.6 Å². The van der Waals surface area contributed by atoms with Crippen molar-refractivity contribution in [3.63, 3.8) is 0 Å². The van der Waals surface area contributed by atoms with Gasteiger partial charge in [-0.2, -0.15) is 0 Å². The summed E-state index contributed by atoms with van der Waals surface area (Å²) in [5, 5.41) is 0.914. The van der Waals surface area contributed by atoms with Gasteiger partial charge < -0.3 is 0 Å². The lowest BCUT2D eigenvalue weighted by molar-refractivity contribution is 0.624. The molecule has 0 aliphatic carbocycles. The van der Waals surface area contributed by atoms with E-state index in [2.05, 4.69) is 15.9 Å². The van der Waals surface area contributed by atoms with Gasteiger partial charge in [0.15, 0.2) is 0 Å². The normalized spacial score (nSPS) is 11.0. The topological polar surface area (TPSA) is 0 Å². The van der Waals surface area contributed by atoms with Gasteiger partial charge in [-0.05, 0) is 25.5 Å². The predicted octanol–water partition coefficient (Wildman–Crippen LogP) is 3.93. The summed E-state index contributed by atoms with van der Waals surface area (Å²) in [6.07, 6.45) is 4.71. The van der Waals surface area contributed by atoms with Gasteiger partial charge in [-0.3, -0.25) is 0 Å². The molecule has 0 saturated heterocycles. The van der Waals surface area contributed by atoms with Crippen LogP contribution in [0.15, 0.2) is 24.3 Å². The van der Waals surface area contributed by atoms with E-state index in [0.29, 0.717) is 5.56 Å². The van der Waals surface area contributed by atoms with Gasteiger partial charge in [0.25, 0.3) is 0 Å². The van der Waals surface area contributed by atoms with Gasteiger partial charge in [0, 0.05) is 10.9 Å². The summed E-state index contributed by atoms with van der Waals surface area (Å²) >= 11 is 3.31. The number of rotatable bonds is 3. The van der Waals surface area contributed by atoms with E-state index in [-0.39, 0.29) is 5.82 Å². The van der Waals surface area contributed by atoms with Gasteiger partial charge in [-0.25, -0.2) is 4.39 Å². The fourth-order valence-electron chi connectivity index (χ4n) is 1.06. The first kappa shape index (κ1) is 10.5. The number of allylic oxidation sites excluding steroid dienone is 1. The lowest BCUT2D eigenvalue weighted by Gasteiger charge is -1.98. The quantitative estimate of drug-likeness (QED) is 0.705. The fourth-order valence-corrected chi connectivity index (χ4v) is 1.33. The molecule has 0 saturated carbocycles. The van der Waals surface area contributed by atoms with E-state index < -0.39 is 0 Å². The van der Waals surface area contributed by atoms with Gasteiger partial charge in [-0.15, -0.1) is 0 Å². The van der Waals surface area contributed by atoms with Crippen LogP contribution in [-0.4, -0.2) is 5.33 Å². The minimum Gasteiger partial charge on any atom is -0.206 e. The lowest BCUT2D eigenvalue weighted by Crippen LogP contribution is -1.83. The maximum atomic E-state index is 13.1. The van der Waals surface area contributed by atoms with E-state index in [1.54, 1.807) is 6.07 Å². The molecule has 0 aliphatic rings. The first-order valence-electron chi connectivity index (χ1n) is 4.22. The summed E-state index contributed by atoms with van der Waals surface area (Å²) in [6, 6.07) is 5.13. The third-order valence-electron chi connectivity index (χ3n) is 1.72. The van der Waals surface area contributed by atoms with E-state index in [1.807, 2.05) is 25.1 Å². The average molecular weight is 243 g/mol. The Morgan fingerprint density at radius 3 is 2.92 bits per heavy atom. The van der Waals surface area contributed by atoms with Crippen LogP contribution in [-0.2, 0) is 0 Å². The number of halogens is 2. The number of hydrogen-bond donors (Lipinski definition) is 0. The van der Waals surface area contributed by atoms with Crippen LogP contribution in [0.4, 0.5) is 4.39 Å². The molecule has 0 fully saturated rings. The van der Waals surface area contributed by atoms with E-state index in [1.165, 1.54) is 6.07 Å². The monoisotopic (exact) mass is 242 g/mol. The minimum atomic E-state index is -0.156. The van der Waals surface area contributed by atoms with Crippen molar-refractivity contribution in [1.82, 2.24) is 0 Å². The van der Waals surface area contributed by atoms with Crippen molar-refractivity contribution in [2.45, 2.75) is 13.3 Å². The van der Waals surface area contributed by atoms with E-state index >= 15 is 0 Å². The Balaban J connectivity index is 2.81. The molecule has 0 radical (unpaired) electrons. The Kier molecular flexibility index (Phi) is 4.16. The second kappa shape index (κ2) is 5.18. The number of alkyl halides is 1. The van der Waals surface area contributed by atoms with Gasteiger partial charge >= 0.3 is 0 Å². The third kappa shape index (κ3) is 3.31. The molecule has 0 atom stereocenters. The van der Waals surface area contributed by atoms with Crippen LogP contribution < -0.4 is 0 Å². The van der Waals surface area contributed by atoms with Crippen LogP contribution in [0.25, 0.3) is 6.08 Å². The molecule has 1 aromatic rings. The molecule has 0 spiro atoms. The van der Waals surface area contributed by atoms with Crippen molar-refractivity contribution in [3.05, 3.63) is 41.2 Å². The summed E-state index contributed by atoms with van der Waals surface area (Å²) in [6.45, 7) is 1.96. The number of hydrogen-bond acceptors (Lipinski definition) is 0. The van der Waals surface area contributed by atoms with E-state index in [4.69, 9.17) is 0 Å². The molecule has 0 heterocycles. The van der Waals surface area contributed by atoms with Crippen LogP contribution >= 0.6 is 15.9 Å². The van der Waals surface area contributed by atoms with Crippen LogP contribution in [0.2, 0.25) is 0 Å². The fraction of sp³-hybridized carbons (Fsp3) is 0.273. The first-order valence-corrected chi connectivity index (χ1v) is 5.35. The van der Waals surface area contributed by atoms with Crippen molar-refractivity contribution in [2.24, 2.45) is 0 Å². The van der Waals surface area contributed by atoms with Crippen LogP contribution in [0.3, 0.4) is 0 Å². The maximum Gasteiger partial charge on any atom is 0.130 e. The molecule has 0 N–H and O–H groups in total. The molecule has 0 unspecified atom stereocenters. The third-order valence-corrected chi connectivity index (χ3v) is 2.18. The molecule has 2 heteroatoms. The first-order chi connectivity index (χ1) is 6.24. The highest BCUT2D eigenvalue weighted by atomic mass is 79.9. The van der Waals surface area contributed by atoms with Crippen LogP contribution in [0, 0.1) is 12.7 Å².